The van der Waals surface area contributed by atoms with Crippen molar-refractivity contribution in [2.45, 2.75) is 27.2 Å². The van der Waals surface area contributed by atoms with Crippen molar-refractivity contribution >= 4 is 17.3 Å². The van der Waals surface area contributed by atoms with E-state index in [0.29, 0.717) is 0 Å². The molecule has 1 amide bonds. The van der Waals surface area contributed by atoms with Gasteiger partial charge in [-0.15, -0.1) is 0 Å². The number of anilines is 2. The molecule has 0 saturated carbocycles. The van der Waals surface area contributed by atoms with E-state index in [-0.39, 0.29) is 11.3 Å². The van der Waals surface area contributed by atoms with Crippen LogP contribution in [0.4, 0.5) is 11.4 Å². The normalized spacial score (nSPS) is 11.5. The predicted molar refractivity (Wildman–Crippen MR) is 86.2 cm³/mol. The summed E-state index contributed by atoms with van der Waals surface area (Å²) >= 11 is 0. The Bertz CT molecular complexity index is 418. The summed E-state index contributed by atoms with van der Waals surface area (Å²) in [5.74, 6) is 0.0317. The Hall–Kier alpha value is -1.55. The number of nitrogens with zero attached hydrogens (tertiary/aromatic N) is 1. The quantitative estimate of drug-likeness (QED) is 0.786. The second-order valence-corrected chi connectivity index (χ2v) is 6.37. The number of rotatable bonds is 6. The number of carbonyl (C=O) groups excluding carboxylic acids is 1. The van der Waals surface area contributed by atoms with Gasteiger partial charge in [0.1, 0.15) is 0 Å². The van der Waals surface area contributed by atoms with Gasteiger partial charge in [0.25, 0.3) is 0 Å². The van der Waals surface area contributed by atoms with Crippen LogP contribution in [-0.2, 0) is 4.79 Å². The molecule has 0 saturated heterocycles. The van der Waals surface area contributed by atoms with Gasteiger partial charge in [-0.2, -0.15) is 0 Å². The highest BCUT2D eigenvalue weighted by Crippen LogP contribution is 2.18. The van der Waals surface area contributed by atoms with Crippen molar-refractivity contribution in [3.8, 4) is 0 Å². The van der Waals surface area contributed by atoms with Gasteiger partial charge in [0.05, 0.1) is 0 Å². The third-order valence-electron chi connectivity index (χ3n) is 2.94. The van der Waals surface area contributed by atoms with Crippen LogP contribution in [0, 0.1) is 5.41 Å². The third-order valence-corrected chi connectivity index (χ3v) is 2.94. The molecular weight excluding hydrogens is 250 g/mol. The first kappa shape index (κ1) is 16.5. The van der Waals surface area contributed by atoms with Crippen LogP contribution in [-0.4, -0.2) is 38.0 Å². The molecule has 0 radical (unpaired) electrons. The van der Waals surface area contributed by atoms with E-state index in [2.05, 4.69) is 29.6 Å². The summed E-state index contributed by atoms with van der Waals surface area (Å²) in [4.78, 5) is 14.0. The maximum Gasteiger partial charge on any atom is 0.229 e. The van der Waals surface area contributed by atoms with Crippen LogP contribution in [0.1, 0.15) is 27.2 Å². The largest absolute Gasteiger partial charge is 0.385 e. The SMILES string of the molecule is CN(C)CCCNc1ccc(NC(=O)C(C)(C)C)cc1. The lowest BCUT2D eigenvalue weighted by Gasteiger charge is -2.18. The second kappa shape index (κ2) is 7.29. The molecule has 0 spiro atoms. The summed E-state index contributed by atoms with van der Waals surface area (Å²) in [5.41, 5.74) is 1.55. The van der Waals surface area contributed by atoms with Gasteiger partial charge in [0, 0.05) is 23.3 Å². The zero-order valence-corrected chi connectivity index (χ0v) is 13.3. The van der Waals surface area contributed by atoms with Crippen LogP contribution in [0.5, 0.6) is 0 Å². The summed E-state index contributed by atoms with van der Waals surface area (Å²) in [6.45, 7) is 7.74. The molecule has 1 rings (SSSR count). The Morgan fingerprint density at radius 2 is 1.65 bits per heavy atom. The maximum atomic E-state index is 11.9. The molecule has 112 valence electrons. The molecule has 0 aliphatic rings. The van der Waals surface area contributed by atoms with Crippen molar-refractivity contribution < 1.29 is 4.79 Å². The molecule has 4 nitrogen and oxygen atoms in total. The maximum absolute atomic E-state index is 11.9. The monoisotopic (exact) mass is 277 g/mol. The van der Waals surface area contributed by atoms with Crippen molar-refractivity contribution in [2.24, 2.45) is 5.41 Å². The van der Waals surface area contributed by atoms with Gasteiger partial charge < -0.3 is 15.5 Å². The summed E-state index contributed by atoms with van der Waals surface area (Å²) in [6, 6.07) is 7.84. The van der Waals surface area contributed by atoms with Crippen molar-refractivity contribution in [3.05, 3.63) is 24.3 Å². The molecule has 0 heterocycles. The van der Waals surface area contributed by atoms with Crippen molar-refractivity contribution in [3.63, 3.8) is 0 Å². The lowest BCUT2D eigenvalue weighted by molar-refractivity contribution is -0.123. The Morgan fingerprint density at radius 3 is 2.15 bits per heavy atom. The number of carbonyl (C=O) groups is 1. The third kappa shape index (κ3) is 6.06. The van der Waals surface area contributed by atoms with E-state index in [4.69, 9.17) is 0 Å². The summed E-state index contributed by atoms with van der Waals surface area (Å²) in [5, 5.41) is 6.29. The van der Waals surface area contributed by atoms with Crippen LogP contribution in [0.15, 0.2) is 24.3 Å². The molecule has 0 aromatic heterocycles. The van der Waals surface area contributed by atoms with Crippen LogP contribution in [0.2, 0.25) is 0 Å². The minimum absolute atomic E-state index is 0.0317. The lowest BCUT2D eigenvalue weighted by atomic mass is 9.95. The van der Waals surface area contributed by atoms with E-state index >= 15 is 0 Å². The molecule has 0 unspecified atom stereocenters. The lowest BCUT2D eigenvalue weighted by Crippen LogP contribution is -2.27. The second-order valence-electron chi connectivity index (χ2n) is 6.37. The zero-order valence-electron chi connectivity index (χ0n) is 13.3. The summed E-state index contributed by atoms with van der Waals surface area (Å²) in [6.07, 6.45) is 1.11. The van der Waals surface area contributed by atoms with Gasteiger partial charge in [-0.1, -0.05) is 20.8 Å². The van der Waals surface area contributed by atoms with Crippen LogP contribution in [0.25, 0.3) is 0 Å². The standard InChI is InChI=1S/C16H27N3O/c1-16(2,3)15(20)18-14-9-7-13(8-10-14)17-11-6-12-19(4)5/h7-10,17H,6,11-12H2,1-5H3,(H,18,20). The molecular formula is C16H27N3O. The molecule has 4 heteroatoms. The molecule has 1 aromatic carbocycles. The fourth-order valence-corrected chi connectivity index (χ4v) is 1.62. The minimum atomic E-state index is -0.372. The van der Waals surface area contributed by atoms with Gasteiger partial charge in [-0.25, -0.2) is 0 Å². The molecule has 1 aromatic rings. The topological polar surface area (TPSA) is 44.4 Å². The number of hydrogen-bond acceptors (Lipinski definition) is 3. The Labute approximate surface area is 122 Å². The fourth-order valence-electron chi connectivity index (χ4n) is 1.62. The van der Waals surface area contributed by atoms with Crippen molar-refractivity contribution in [1.82, 2.24) is 4.90 Å². The molecule has 0 aliphatic carbocycles. The van der Waals surface area contributed by atoms with Crippen LogP contribution >= 0.6 is 0 Å². The number of benzene rings is 1. The van der Waals surface area contributed by atoms with Gasteiger partial charge in [0.2, 0.25) is 5.91 Å². The highest BCUT2D eigenvalue weighted by atomic mass is 16.2. The van der Waals surface area contributed by atoms with E-state index in [9.17, 15) is 4.79 Å². The van der Waals surface area contributed by atoms with Gasteiger partial charge in [-0.3, -0.25) is 4.79 Å². The van der Waals surface area contributed by atoms with E-state index in [1.165, 1.54) is 0 Å². The first-order valence-electron chi connectivity index (χ1n) is 7.09. The Balaban J connectivity index is 2.42. The Morgan fingerprint density at radius 1 is 1.10 bits per heavy atom. The molecule has 0 atom stereocenters. The first-order chi connectivity index (χ1) is 9.29. The summed E-state index contributed by atoms with van der Waals surface area (Å²) < 4.78 is 0. The number of hydrogen-bond donors (Lipinski definition) is 2. The van der Waals surface area contributed by atoms with Crippen molar-refractivity contribution in [2.75, 3.05) is 37.8 Å². The highest BCUT2D eigenvalue weighted by molar-refractivity contribution is 5.94. The van der Waals surface area contributed by atoms with Gasteiger partial charge in [-0.05, 0) is 51.3 Å². The molecule has 20 heavy (non-hydrogen) atoms. The van der Waals surface area contributed by atoms with E-state index in [0.717, 1.165) is 30.9 Å². The van der Waals surface area contributed by atoms with Gasteiger partial charge in [0.15, 0.2) is 0 Å². The molecule has 0 bridgehead atoms. The summed E-state index contributed by atoms with van der Waals surface area (Å²) in [7, 11) is 4.15. The van der Waals surface area contributed by atoms with E-state index in [1.807, 2.05) is 45.0 Å². The smallest absolute Gasteiger partial charge is 0.229 e. The first-order valence-corrected chi connectivity index (χ1v) is 7.09. The van der Waals surface area contributed by atoms with Crippen LogP contribution < -0.4 is 10.6 Å². The highest BCUT2D eigenvalue weighted by Gasteiger charge is 2.20. The van der Waals surface area contributed by atoms with Gasteiger partial charge >= 0.3 is 0 Å². The van der Waals surface area contributed by atoms with Crippen molar-refractivity contribution in [1.29, 1.82) is 0 Å². The molecule has 0 fully saturated rings. The number of nitrogens with one attached hydrogen (secondary N) is 2. The average molecular weight is 277 g/mol. The average Bonchev–Trinajstić information content (AvgIpc) is 2.35. The predicted octanol–water partition coefficient (Wildman–Crippen LogP) is 3.03. The minimum Gasteiger partial charge on any atom is -0.385 e. The Kier molecular flexibility index (Phi) is 6.02. The van der Waals surface area contributed by atoms with Crippen LogP contribution in [0.3, 0.4) is 0 Å². The zero-order chi connectivity index (χ0) is 15.2. The van der Waals surface area contributed by atoms with E-state index < -0.39 is 0 Å². The fraction of sp³-hybridized carbons (Fsp3) is 0.562. The van der Waals surface area contributed by atoms with E-state index in [1.54, 1.807) is 0 Å². The molecule has 0 aliphatic heterocycles. The number of amides is 1. The molecule has 2 N–H and O–H groups in total.